The van der Waals surface area contributed by atoms with E-state index in [1.54, 1.807) is 6.92 Å². The second kappa shape index (κ2) is 7.06. The van der Waals surface area contributed by atoms with Crippen molar-refractivity contribution in [3.8, 4) is 17.2 Å². The van der Waals surface area contributed by atoms with E-state index in [-0.39, 0.29) is 5.41 Å². The van der Waals surface area contributed by atoms with Crippen molar-refractivity contribution in [1.82, 2.24) is 4.98 Å². The molecule has 0 aliphatic carbocycles. The average molecular weight is 336 g/mol. The molecule has 4 heteroatoms. The van der Waals surface area contributed by atoms with Crippen molar-refractivity contribution in [2.45, 2.75) is 41.0 Å². The van der Waals surface area contributed by atoms with Crippen LogP contribution < -0.4 is 0 Å². The number of nitriles is 1. The Morgan fingerprint density at radius 3 is 2.28 bits per heavy atom. The van der Waals surface area contributed by atoms with Gasteiger partial charge in [-0.3, -0.25) is 4.98 Å². The van der Waals surface area contributed by atoms with E-state index in [0.717, 1.165) is 16.8 Å². The normalized spacial score (nSPS) is 11.1. The molecule has 0 amide bonds. The topological polar surface area (TPSA) is 63.0 Å². The first-order chi connectivity index (χ1) is 11.7. The zero-order valence-corrected chi connectivity index (χ0v) is 15.7. The Labute approximate surface area is 149 Å². The Balaban J connectivity index is 2.85. The van der Waals surface area contributed by atoms with E-state index < -0.39 is 5.97 Å². The fraction of sp³-hybridized carbons (Fsp3) is 0.381. The number of ether oxygens (including phenoxy) is 1. The minimum Gasteiger partial charge on any atom is -0.465 e. The molecule has 0 aliphatic heterocycles. The van der Waals surface area contributed by atoms with Crippen molar-refractivity contribution < 1.29 is 9.53 Å². The summed E-state index contributed by atoms with van der Waals surface area (Å²) in [7, 11) is 1.34. The first-order valence-electron chi connectivity index (χ1n) is 8.27. The van der Waals surface area contributed by atoms with Crippen LogP contribution in [0, 0.1) is 30.6 Å². The summed E-state index contributed by atoms with van der Waals surface area (Å²) < 4.78 is 4.95. The van der Waals surface area contributed by atoms with E-state index in [0.29, 0.717) is 28.8 Å². The smallest absolute Gasteiger partial charge is 0.340 e. The third-order valence-electron chi connectivity index (χ3n) is 3.99. The third kappa shape index (κ3) is 4.06. The van der Waals surface area contributed by atoms with Crippen LogP contribution in [-0.4, -0.2) is 18.1 Å². The zero-order chi connectivity index (χ0) is 18.8. The number of carbonyl (C=O) groups excluding carboxylic acids is 1. The first kappa shape index (κ1) is 18.7. The van der Waals surface area contributed by atoms with Crippen LogP contribution in [0.5, 0.6) is 0 Å². The Hall–Kier alpha value is -2.67. The van der Waals surface area contributed by atoms with Gasteiger partial charge in [0.2, 0.25) is 0 Å². The molecule has 0 atom stereocenters. The lowest BCUT2D eigenvalue weighted by Crippen LogP contribution is -2.16. The van der Waals surface area contributed by atoms with Crippen molar-refractivity contribution in [1.29, 1.82) is 5.26 Å². The highest BCUT2D eigenvalue weighted by Crippen LogP contribution is 2.34. The molecule has 0 spiro atoms. The first-order valence-corrected chi connectivity index (χ1v) is 8.27. The third-order valence-corrected chi connectivity index (χ3v) is 3.99. The van der Waals surface area contributed by atoms with Crippen LogP contribution in [0.3, 0.4) is 0 Å². The predicted molar refractivity (Wildman–Crippen MR) is 98.4 cm³/mol. The number of nitrogens with zero attached hydrogens (tertiary/aromatic N) is 2. The van der Waals surface area contributed by atoms with E-state index in [9.17, 15) is 10.1 Å². The minimum atomic E-state index is -0.473. The summed E-state index contributed by atoms with van der Waals surface area (Å²) in [6.07, 6.45) is 0.650. The number of aryl methyl sites for hydroxylation is 2. The zero-order valence-electron chi connectivity index (χ0n) is 15.7. The highest BCUT2D eigenvalue weighted by atomic mass is 16.5. The van der Waals surface area contributed by atoms with E-state index in [2.05, 4.69) is 31.8 Å². The summed E-state index contributed by atoms with van der Waals surface area (Å²) in [5.41, 5.74) is 4.64. The van der Waals surface area contributed by atoms with Gasteiger partial charge in [0, 0.05) is 5.56 Å². The molecule has 0 radical (unpaired) electrons. The molecule has 2 rings (SSSR count). The molecule has 2 aromatic rings. The van der Waals surface area contributed by atoms with Crippen LogP contribution in [0.2, 0.25) is 0 Å². The largest absolute Gasteiger partial charge is 0.465 e. The molecule has 130 valence electrons. The maximum atomic E-state index is 12.4. The van der Waals surface area contributed by atoms with Crippen molar-refractivity contribution in [2.75, 3.05) is 7.11 Å². The highest BCUT2D eigenvalue weighted by molar-refractivity contribution is 6.00. The second-order valence-electron chi connectivity index (χ2n) is 7.48. The van der Waals surface area contributed by atoms with Crippen LogP contribution in [0.15, 0.2) is 24.3 Å². The van der Waals surface area contributed by atoms with Gasteiger partial charge in [-0.05, 0) is 31.2 Å². The van der Waals surface area contributed by atoms with Gasteiger partial charge in [0.1, 0.15) is 6.07 Å². The number of carbonyl (C=O) groups is 1. The standard InChI is InChI=1S/C21H24N2O2/c1-13-7-9-15(10-8-13)19-16(12-22)17(11-21(3,4)5)23-14(2)18(19)20(24)25-6/h7-10H,11H2,1-6H3. The van der Waals surface area contributed by atoms with E-state index in [4.69, 9.17) is 4.74 Å². The maximum Gasteiger partial charge on any atom is 0.340 e. The number of aromatic nitrogens is 1. The van der Waals surface area contributed by atoms with Crippen molar-refractivity contribution in [2.24, 2.45) is 5.41 Å². The van der Waals surface area contributed by atoms with Crippen LogP contribution in [0.25, 0.3) is 11.1 Å². The van der Waals surface area contributed by atoms with Crippen LogP contribution in [0.1, 0.15) is 53.6 Å². The highest BCUT2D eigenvalue weighted by Gasteiger charge is 2.26. The van der Waals surface area contributed by atoms with Crippen LogP contribution in [0.4, 0.5) is 0 Å². The molecule has 0 saturated carbocycles. The van der Waals surface area contributed by atoms with E-state index >= 15 is 0 Å². The number of esters is 1. The fourth-order valence-corrected chi connectivity index (χ4v) is 2.88. The average Bonchev–Trinajstić information content (AvgIpc) is 2.53. The lowest BCUT2D eigenvalue weighted by molar-refractivity contribution is 0.0600. The number of pyridine rings is 1. The Morgan fingerprint density at radius 1 is 1.20 bits per heavy atom. The molecular formula is C21H24N2O2. The molecule has 0 saturated heterocycles. The molecule has 1 aromatic heterocycles. The van der Waals surface area contributed by atoms with Gasteiger partial charge in [0.15, 0.2) is 0 Å². The molecule has 0 fully saturated rings. The number of hydrogen-bond donors (Lipinski definition) is 0. The lowest BCUT2D eigenvalue weighted by atomic mass is 9.85. The number of rotatable bonds is 3. The summed E-state index contributed by atoms with van der Waals surface area (Å²) in [6, 6.07) is 10.1. The molecule has 4 nitrogen and oxygen atoms in total. The lowest BCUT2D eigenvalue weighted by Gasteiger charge is -2.21. The van der Waals surface area contributed by atoms with Crippen molar-refractivity contribution in [3.63, 3.8) is 0 Å². The predicted octanol–water partition coefficient (Wildman–Crippen LogP) is 4.61. The summed E-state index contributed by atoms with van der Waals surface area (Å²) in [5.74, 6) is -0.473. The van der Waals surface area contributed by atoms with Gasteiger partial charge in [0.05, 0.1) is 29.6 Å². The van der Waals surface area contributed by atoms with Crippen molar-refractivity contribution in [3.05, 3.63) is 52.3 Å². The Morgan fingerprint density at radius 2 is 1.80 bits per heavy atom. The molecule has 1 aromatic carbocycles. The van der Waals surface area contributed by atoms with E-state index in [1.165, 1.54) is 7.11 Å². The van der Waals surface area contributed by atoms with Crippen LogP contribution in [-0.2, 0) is 11.2 Å². The van der Waals surface area contributed by atoms with Gasteiger partial charge < -0.3 is 4.74 Å². The Kier molecular flexibility index (Phi) is 5.27. The second-order valence-corrected chi connectivity index (χ2v) is 7.48. The quantitative estimate of drug-likeness (QED) is 0.768. The summed E-state index contributed by atoms with van der Waals surface area (Å²) >= 11 is 0. The molecule has 1 heterocycles. The molecule has 0 bridgehead atoms. The fourth-order valence-electron chi connectivity index (χ4n) is 2.88. The molecule has 0 unspecified atom stereocenters. The van der Waals surface area contributed by atoms with Crippen LogP contribution >= 0.6 is 0 Å². The SMILES string of the molecule is COC(=O)c1c(C)nc(CC(C)(C)C)c(C#N)c1-c1ccc(C)cc1. The van der Waals surface area contributed by atoms with Gasteiger partial charge >= 0.3 is 5.97 Å². The number of methoxy groups -OCH3 is 1. The molecule has 0 aliphatic rings. The number of hydrogen-bond acceptors (Lipinski definition) is 4. The molecule has 25 heavy (non-hydrogen) atoms. The minimum absolute atomic E-state index is 0.0254. The summed E-state index contributed by atoms with van der Waals surface area (Å²) in [5, 5.41) is 9.84. The number of benzene rings is 1. The molecular weight excluding hydrogens is 312 g/mol. The van der Waals surface area contributed by atoms with Crippen molar-refractivity contribution >= 4 is 5.97 Å². The summed E-state index contributed by atoms with van der Waals surface area (Å²) in [6.45, 7) is 10.1. The van der Waals surface area contributed by atoms with Gasteiger partial charge in [-0.25, -0.2) is 4.79 Å². The van der Waals surface area contributed by atoms with Gasteiger partial charge in [0.25, 0.3) is 0 Å². The maximum absolute atomic E-state index is 12.4. The van der Waals surface area contributed by atoms with Gasteiger partial charge in [-0.15, -0.1) is 0 Å². The summed E-state index contributed by atoms with van der Waals surface area (Å²) in [4.78, 5) is 17.0. The Bertz CT molecular complexity index is 838. The van der Waals surface area contributed by atoms with Gasteiger partial charge in [-0.2, -0.15) is 5.26 Å². The van der Waals surface area contributed by atoms with Gasteiger partial charge in [-0.1, -0.05) is 50.6 Å². The van der Waals surface area contributed by atoms with E-state index in [1.807, 2.05) is 31.2 Å². The monoisotopic (exact) mass is 336 g/mol. The molecule has 0 N–H and O–H groups in total.